The van der Waals surface area contributed by atoms with Gasteiger partial charge in [0.25, 0.3) is 5.91 Å². The van der Waals surface area contributed by atoms with Crippen molar-refractivity contribution in [1.29, 1.82) is 0 Å². The van der Waals surface area contributed by atoms with Gasteiger partial charge in [-0.25, -0.2) is 0 Å². The molecule has 4 N–H and O–H groups in total. The molecular weight excluding hydrogens is 405 g/mol. The average Bonchev–Trinajstić information content (AvgIpc) is 2.65. The van der Waals surface area contributed by atoms with E-state index < -0.39 is 22.9 Å². The fraction of sp³-hybridized carbons (Fsp3) is 0.632. The lowest BCUT2D eigenvalue weighted by Gasteiger charge is -2.31. The topological polar surface area (TPSA) is 87.5 Å². The maximum atomic E-state index is 12.9. The second kappa shape index (κ2) is 9.69. The number of carbonyl (C=O) groups is 1. The molecule has 0 aromatic heterocycles. The zero-order valence-electron chi connectivity index (χ0n) is 16.9. The lowest BCUT2D eigenvalue weighted by molar-refractivity contribution is -0.182. The summed E-state index contributed by atoms with van der Waals surface area (Å²) >= 11 is 0. The largest absolute Gasteiger partial charge is 0.397 e. The molecule has 0 spiro atoms. The van der Waals surface area contributed by atoms with Gasteiger partial charge in [0, 0.05) is 49.5 Å². The number of anilines is 3. The minimum absolute atomic E-state index is 0.0182. The molecule has 1 fully saturated rings. The molecule has 0 bridgehead atoms. The van der Waals surface area contributed by atoms with E-state index in [9.17, 15) is 22.2 Å². The number of nitrogens with zero attached hydrogens (tertiary/aromatic N) is 1. The lowest BCUT2D eigenvalue weighted by Crippen LogP contribution is -2.40. The number of benzene rings is 1. The summed E-state index contributed by atoms with van der Waals surface area (Å²) in [5, 5.41) is 5.84. The van der Waals surface area contributed by atoms with Crippen LogP contribution in [-0.2, 0) is 10.8 Å². The Kier molecular flexibility index (Phi) is 7.79. The first kappa shape index (κ1) is 23.3. The quantitative estimate of drug-likeness (QED) is 0.575. The number of alkyl halides is 3. The van der Waals surface area contributed by atoms with E-state index in [-0.39, 0.29) is 24.8 Å². The summed E-state index contributed by atoms with van der Waals surface area (Å²) in [5.74, 6) is -1.22. The predicted octanol–water partition coefficient (Wildman–Crippen LogP) is 2.98. The van der Waals surface area contributed by atoms with Crippen LogP contribution >= 0.6 is 0 Å². The van der Waals surface area contributed by atoms with Crippen molar-refractivity contribution in [3.05, 3.63) is 17.7 Å². The standard InChI is InChI=1S/C19H29F3N4O2S/c1-24-16-11-17(26(2)8-9-29(3)28)14(10-15(16)23)18(27)25-13-6-4-12(5-7-13)19(20,21)22/h10-13,24H,4-9,23H2,1-3H3,(H,25,27). The molecule has 1 aromatic carbocycles. The molecule has 1 saturated carbocycles. The van der Waals surface area contributed by atoms with Crippen molar-refractivity contribution in [2.45, 2.75) is 37.9 Å². The third-order valence-corrected chi connectivity index (χ3v) is 6.09. The maximum absolute atomic E-state index is 12.9. The van der Waals surface area contributed by atoms with Gasteiger partial charge in [-0.3, -0.25) is 9.00 Å². The molecule has 10 heteroatoms. The fourth-order valence-electron chi connectivity index (χ4n) is 3.53. The average molecular weight is 435 g/mol. The highest BCUT2D eigenvalue weighted by atomic mass is 32.2. The third-order valence-electron chi connectivity index (χ3n) is 5.33. The smallest absolute Gasteiger partial charge is 0.391 e. The maximum Gasteiger partial charge on any atom is 0.391 e. The van der Waals surface area contributed by atoms with Crippen LogP contribution in [-0.4, -0.2) is 55.0 Å². The van der Waals surface area contributed by atoms with Crippen molar-refractivity contribution in [3.8, 4) is 0 Å². The van der Waals surface area contributed by atoms with Gasteiger partial charge in [0.2, 0.25) is 0 Å². The van der Waals surface area contributed by atoms with Crippen LogP contribution in [0.15, 0.2) is 12.1 Å². The normalized spacial score (nSPS) is 20.8. The van der Waals surface area contributed by atoms with Crippen molar-refractivity contribution in [2.24, 2.45) is 5.92 Å². The number of amides is 1. The molecule has 29 heavy (non-hydrogen) atoms. The Labute approximate surface area is 171 Å². The first-order valence-corrected chi connectivity index (χ1v) is 11.3. The molecule has 1 aliphatic rings. The van der Waals surface area contributed by atoms with Crippen LogP contribution in [0.25, 0.3) is 0 Å². The molecule has 1 aliphatic carbocycles. The molecule has 6 nitrogen and oxygen atoms in total. The number of rotatable bonds is 7. The van der Waals surface area contributed by atoms with E-state index in [1.54, 1.807) is 32.5 Å². The van der Waals surface area contributed by atoms with Gasteiger partial charge in [-0.1, -0.05) is 0 Å². The number of nitrogens with one attached hydrogen (secondary N) is 2. The lowest BCUT2D eigenvalue weighted by atomic mass is 9.85. The molecular formula is C19H29F3N4O2S. The Hall–Kier alpha value is -1.97. The minimum atomic E-state index is -4.18. The van der Waals surface area contributed by atoms with Gasteiger partial charge >= 0.3 is 6.18 Å². The van der Waals surface area contributed by atoms with Crippen LogP contribution in [0.2, 0.25) is 0 Å². The Bertz CT molecular complexity index is 750. The van der Waals surface area contributed by atoms with Crippen molar-refractivity contribution in [2.75, 3.05) is 48.6 Å². The van der Waals surface area contributed by atoms with Crippen molar-refractivity contribution in [1.82, 2.24) is 5.32 Å². The van der Waals surface area contributed by atoms with E-state index in [0.717, 1.165) is 0 Å². The van der Waals surface area contributed by atoms with Gasteiger partial charge in [-0.2, -0.15) is 13.2 Å². The zero-order chi connectivity index (χ0) is 21.8. The predicted molar refractivity (Wildman–Crippen MR) is 112 cm³/mol. The van der Waals surface area contributed by atoms with E-state index in [1.807, 2.05) is 4.90 Å². The van der Waals surface area contributed by atoms with Gasteiger partial charge in [0.1, 0.15) is 0 Å². The summed E-state index contributed by atoms with van der Waals surface area (Å²) in [4.78, 5) is 14.7. The van der Waals surface area contributed by atoms with E-state index in [0.29, 0.717) is 47.8 Å². The molecule has 0 aliphatic heterocycles. The number of nitrogens with two attached hydrogens (primary N) is 1. The molecule has 1 aromatic rings. The second-order valence-corrected chi connectivity index (χ2v) is 9.02. The van der Waals surface area contributed by atoms with Crippen LogP contribution in [0.4, 0.5) is 30.2 Å². The zero-order valence-corrected chi connectivity index (χ0v) is 17.8. The highest BCUT2D eigenvalue weighted by molar-refractivity contribution is 7.84. The van der Waals surface area contributed by atoms with E-state index in [2.05, 4.69) is 10.6 Å². The molecule has 1 amide bonds. The van der Waals surface area contributed by atoms with Crippen LogP contribution in [0, 0.1) is 5.92 Å². The Morgan fingerprint density at radius 1 is 1.28 bits per heavy atom. The number of halogens is 3. The molecule has 1 unspecified atom stereocenters. The molecule has 0 radical (unpaired) electrons. The van der Waals surface area contributed by atoms with Crippen LogP contribution in [0.5, 0.6) is 0 Å². The van der Waals surface area contributed by atoms with Crippen LogP contribution < -0.4 is 21.3 Å². The Morgan fingerprint density at radius 3 is 2.41 bits per heavy atom. The van der Waals surface area contributed by atoms with Crippen molar-refractivity contribution < 1.29 is 22.2 Å². The summed E-state index contributed by atoms with van der Waals surface area (Å²) in [6, 6.07) is 3.02. The fourth-order valence-corrected chi connectivity index (χ4v) is 4.06. The van der Waals surface area contributed by atoms with Crippen LogP contribution in [0.1, 0.15) is 36.0 Å². The summed E-state index contributed by atoms with van der Waals surface area (Å²) in [7, 11) is 2.53. The van der Waals surface area contributed by atoms with E-state index >= 15 is 0 Å². The number of nitrogen functional groups attached to an aromatic ring is 1. The summed E-state index contributed by atoms with van der Waals surface area (Å²) < 4.78 is 50.0. The van der Waals surface area contributed by atoms with Gasteiger partial charge < -0.3 is 21.3 Å². The number of hydrogen-bond acceptors (Lipinski definition) is 5. The van der Waals surface area contributed by atoms with Crippen molar-refractivity contribution >= 4 is 33.8 Å². The second-order valence-electron chi connectivity index (χ2n) is 7.47. The highest BCUT2D eigenvalue weighted by Crippen LogP contribution is 2.37. The molecule has 2 rings (SSSR count). The number of carbonyl (C=O) groups excluding carboxylic acids is 1. The monoisotopic (exact) mass is 434 g/mol. The summed E-state index contributed by atoms with van der Waals surface area (Å²) in [6.45, 7) is 0.479. The number of hydrogen-bond donors (Lipinski definition) is 3. The highest BCUT2D eigenvalue weighted by Gasteiger charge is 2.41. The van der Waals surface area contributed by atoms with Crippen molar-refractivity contribution in [3.63, 3.8) is 0 Å². The van der Waals surface area contributed by atoms with Gasteiger partial charge in [0.05, 0.1) is 28.5 Å². The van der Waals surface area contributed by atoms with Gasteiger partial charge in [0.15, 0.2) is 0 Å². The van der Waals surface area contributed by atoms with Crippen LogP contribution in [0.3, 0.4) is 0 Å². The van der Waals surface area contributed by atoms with Gasteiger partial charge in [-0.15, -0.1) is 0 Å². The first-order chi connectivity index (χ1) is 13.5. The Balaban J connectivity index is 2.16. The first-order valence-electron chi connectivity index (χ1n) is 9.53. The van der Waals surface area contributed by atoms with Gasteiger partial charge in [-0.05, 0) is 37.8 Å². The summed E-state index contributed by atoms with van der Waals surface area (Å²) in [5.41, 5.74) is 8.05. The minimum Gasteiger partial charge on any atom is -0.397 e. The Morgan fingerprint density at radius 2 is 1.90 bits per heavy atom. The molecule has 1 atom stereocenters. The molecule has 0 saturated heterocycles. The SMILES string of the molecule is CNc1cc(N(C)CCS(C)=O)c(C(=O)NC2CCC(C(F)(F)F)CC2)cc1N. The molecule has 164 valence electrons. The van der Waals surface area contributed by atoms with E-state index in [1.165, 1.54) is 0 Å². The third kappa shape index (κ3) is 6.25. The van der Waals surface area contributed by atoms with E-state index in [4.69, 9.17) is 5.73 Å². The molecule has 0 heterocycles. The summed E-state index contributed by atoms with van der Waals surface area (Å²) in [6.07, 6.45) is -1.95.